The van der Waals surface area contributed by atoms with Gasteiger partial charge in [0.1, 0.15) is 5.82 Å². The van der Waals surface area contributed by atoms with Crippen LogP contribution >= 0.6 is 11.6 Å². The van der Waals surface area contributed by atoms with E-state index in [1.54, 1.807) is 4.90 Å². The van der Waals surface area contributed by atoms with Gasteiger partial charge in [0.15, 0.2) is 0 Å². The Balaban J connectivity index is 1.60. The number of carbonyl (C=O) groups is 2. The van der Waals surface area contributed by atoms with Crippen molar-refractivity contribution in [2.75, 3.05) is 39.3 Å². The summed E-state index contributed by atoms with van der Waals surface area (Å²) in [5, 5.41) is 3.31. The fourth-order valence-electron chi connectivity index (χ4n) is 3.09. The highest BCUT2D eigenvalue weighted by Crippen LogP contribution is 2.20. The molecule has 0 spiro atoms. The molecule has 0 aromatic heterocycles. The van der Waals surface area contributed by atoms with Gasteiger partial charge < -0.3 is 15.1 Å². The summed E-state index contributed by atoms with van der Waals surface area (Å²) < 4.78 is 13.1. The van der Waals surface area contributed by atoms with Crippen LogP contribution in [0.3, 0.4) is 0 Å². The maximum atomic E-state index is 13.1. The third-order valence-corrected chi connectivity index (χ3v) is 4.76. The Morgan fingerprint density at radius 1 is 1.17 bits per heavy atom. The Labute approximate surface area is 139 Å². The largest absolute Gasteiger partial charge is 0.339 e. The van der Waals surface area contributed by atoms with Crippen molar-refractivity contribution in [1.29, 1.82) is 0 Å². The zero-order chi connectivity index (χ0) is 16.4. The summed E-state index contributed by atoms with van der Waals surface area (Å²) in [6, 6.07) is 3.77. The second kappa shape index (κ2) is 6.84. The molecule has 124 valence electrons. The number of benzene rings is 1. The quantitative estimate of drug-likeness (QED) is 0.885. The highest BCUT2D eigenvalue weighted by molar-refractivity contribution is 6.33. The third-order valence-electron chi connectivity index (χ3n) is 4.45. The van der Waals surface area contributed by atoms with Crippen LogP contribution in [0.25, 0.3) is 0 Å². The summed E-state index contributed by atoms with van der Waals surface area (Å²) in [7, 11) is 0. The van der Waals surface area contributed by atoms with Gasteiger partial charge in [0.25, 0.3) is 5.91 Å². The lowest BCUT2D eigenvalue weighted by molar-refractivity contribution is -0.136. The third kappa shape index (κ3) is 3.48. The van der Waals surface area contributed by atoms with Gasteiger partial charge in [0.05, 0.1) is 16.5 Å². The molecule has 2 saturated heterocycles. The number of nitrogens with one attached hydrogen (secondary N) is 1. The van der Waals surface area contributed by atoms with Crippen LogP contribution in [0.2, 0.25) is 5.02 Å². The predicted molar refractivity (Wildman–Crippen MR) is 84.9 cm³/mol. The average molecular weight is 340 g/mol. The molecule has 0 aliphatic carbocycles. The average Bonchev–Trinajstić information content (AvgIpc) is 3.08. The summed E-state index contributed by atoms with van der Waals surface area (Å²) >= 11 is 5.95. The number of piperazine rings is 1. The summed E-state index contributed by atoms with van der Waals surface area (Å²) in [6.45, 7) is 3.62. The van der Waals surface area contributed by atoms with E-state index >= 15 is 0 Å². The number of hydrogen-bond acceptors (Lipinski definition) is 3. The van der Waals surface area contributed by atoms with E-state index in [2.05, 4.69) is 5.32 Å². The minimum atomic E-state index is -0.466. The summed E-state index contributed by atoms with van der Waals surface area (Å²) in [4.78, 5) is 28.3. The van der Waals surface area contributed by atoms with Gasteiger partial charge in [-0.05, 0) is 31.2 Å². The molecule has 2 aliphatic rings. The Morgan fingerprint density at radius 2 is 1.87 bits per heavy atom. The Morgan fingerprint density at radius 3 is 2.48 bits per heavy atom. The molecule has 23 heavy (non-hydrogen) atoms. The van der Waals surface area contributed by atoms with E-state index in [1.807, 2.05) is 4.90 Å². The molecule has 2 amide bonds. The minimum Gasteiger partial charge on any atom is -0.339 e. The van der Waals surface area contributed by atoms with Crippen molar-refractivity contribution in [1.82, 2.24) is 15.1 Å². The van der Waals surface area contributed by atoms with E-state index in [0.29, 0.717) is 31.7 Å². The van der Waals surface area contributed by atoms with Crippen LogP contribution in [-0.4, -0.2) is 60.9 Å². The fraction of sp³-hybridized carbons (Fsp3) is 0.500. The maximum Gasteiger partial charge on any atom is 0.255 e. The predicted octanol–water partition coefficient (Wildman–Crippen LogP) is 1.37. The summed E-state index contributed by atoms with van der Waals surface area (Å²) in [6.07, 6.45) is 0.878. The molecule has 0 saturated carbocycles. The molecular formula is C16H19ClFN3O2. The van der Waals surface area contributed by atoms with Crippen molar-refractivity contribution < 1.29 is 14.0 Å². The Kier molecular flexibility index (Phi) is 4.82. The van der Waals surface area contributed by atoms with Crippen LogP contribution in [0, 0.1) is 11.7 Å². The number of hydrogen-bond donors (Lipinski definition) is 1. The van der Waals surface area contributed by atoms with E-state index in [-0.39, 0.29) is 22.8 Å². The molecule has 0 radical (unpaired) electrons. The first-order valence-corrected chi connectivity index (χ1v) is 8.18. The van der Waals surface area contributed by atoms with Crippen molar-refractivity contribution in [3.05, 3.63) is 34.6 Å². The zero-order valence-corrected chi connectivity index (χ0v) is 13.5. The lowest BCUT2D eigenvalue weighted by atomic mass is 10.1. The lowest BCUT2D eigenvalue weighted by Crippen LogP contribution is -2.52. The van der Waals surface area contributed by atoms with Crippen LogP contribution in [0.1, 0.15) is 16.8 Å². The van der Waals surface area contributed by atoms with Crippen molar-refractivity contribution in [2.24, 2.45) is 5.92 Å². The molecule has 1 atom stereocenters. The van der Waals surface area contributed by atoms with Gasteiger partial charge in [0.2, 0.25) is 5.91 Å². The van der Waals surface area contributed by atoms with Gasteiger partial charge in [-0.25, -0.2) is 4.39 Å². The molecule has 3 rings (SSSR count). The van der Waals surface area contributed by atoms with Gasteiger partial charge in [-0.15, -0.1) is 0 Å². The molecule has 2 aliphatic heterocycles. The van der Waals surface area contributed by atoms with E-state index < -0.39 is 5.82 Å². The van der Waals surface area contributed by atoms with Crippen LogP contribution in [0.15, 0.2) is 18.2 Å². The standard InChI is InChI=1S/C16H19ClFN3O2/c17-14-9-12(18)1-2-13(14)16(23)21-7-5-20(6-8-21)15(22)11-3-4-19-10-11/h1-2,9,11,19H,3-8,10H2. The topological polar surface area (TPSA) is 52.7 Å². The number of carbonyl (C=O) groups excluding carboxylic acids is 2. The van der Waals surface area contributed by atoms with E-state index in [0.717, 1.165) is 25.6 Å². The number of nitrogens with zero attached hydrogens (tertiary/aromatic N) is 2. The van der Waals surface area contributed by atoms with E-state index in [1.165, 1.54) is 12.1 Å². The van der Waals surface area contributed by atoms with Gasteiger partial charge in [-0.3, -0.25) is 9.59 Å². The molecule has 2 fully saturated rings. The highest BCUT2D eigenvalue weighted by atomic mass is 35.5. The molecule has 0 bridgehead atoms. The van der Waals surface area contributed by atoms with E-state index in [9.17, 15) is 14.0 Å². The molecule has 1 unspecified atom stereocenters. The second-order valence-electron chi connectivity index (χ2n) is 5.93. The van der Waals surface area contributed by atoms with Crippen molar-refractivity contribution in [3.63, 3.8) is 0 Å². The van der Waals surface area contributed by atoms with Crippen LogP contribution < -0.4 is 5.32 Å². The molecule has 1 aromatic carbocycles. The molecule has 1 aromatic rings. The minimum absolute atomic E-state index is 0.0591. The molecular weight excluding hydrogens is 321 g/mol. The van der Waals surface area contributed by atoms with Gasteiger partial charge in [0, 0.05) is 32.7 Å². The number of halogens is 2. The van der Waals surface area contributed by atoms with Gasteiger partial charge in [-0.1, -0.05) is 11.6 Å². The van der Waals surface area contributed by atoms with E-state index in [4.69, 9.17) is 11.6 Å². The summed E-state index contributed by atoms with van der Waals surface area (Å²) in [5.41, 5.74) is 0.299. The molecule has 5 nitrogen and oxygen atoms in total. The Hall–Kier alpha value is -1.66. The lowest BCUT2D eigenvalue weighted by Gasteiger charge is -2.36. The molecule has 2 heterocycles. The fourth-order valence-corrected chi connectivity index (χ4v) is 3.33. The first-order chi connectivity index (χ1) is 11.1. The van der Waals surface area contributed by atoms with Crippen LogP contribution in [0.5, 0.6) is 0 Å². The molecule has 7 heteroatoms. The SMILES string of the molecule is O=C(c1ccc(F)cc1Cl)N1CCN(C(=O)C2CCNC2)CC1. The number of amides is 2. The van der Waals surface area contributed by atoms with Crippen LogP contribution in [-0.2, 0) is 4.79 Å². The molecule has 1 N–H and O–H groups in total. The van der Waals surface area contributed by atoms with Crippen molar-refractivity contribution in [3.8, 4) is 0 Å². The smallest absolute Gasteiger partial charge is 0.255 e. The zero-order valence-electron chi connectivity index (χ0n) is 12.7. The first-order valence-electron chi connectivity index (χ1n) is 7.80. The monoisotopic (exact) mass is 339 g/mol. The first kappa shape index (κ1) is 16.2. The van der Waals surface area contributed by atoms with Gasteiger partial charge in [-0.2, -0.15) is 0 Å². The Bertz CT molecular complexity index is 611. The summed E-state index contributed by atoms with van der Waals surface area (Å²) in [5.74, 6) is -0.456. The maximum absolute atomic E-state index is 13.1. The normalized spacial score (nSPS) is 21.6. The number of rotatable bonds is 2. The van der Waals surface area contributed by atoms with Gasteiger partial charge >= 0.3 is 0 Å². The second-order valence-corrected chi connectivity index (χ2v) is 6.34. The van der Waals surface area contributed by atoms with Crippen LogP contribution in [0.4, 0.5) is 4.39 Å². The van der Waals surface area contributed by atoms with Crippen molar-refractivity contribution in [2.45, 2.75) is 6.42 Å². The van der Waals surface area contributed by atoms with Crippen molar-refractivity contribution >= 4 is 23.4 Å². The highest BCUT2D eigenvalue weighted by Gasteiger charge is 2.31.